The van der Waals surface area contributed by atoms with E-state index in [1.807, 2.05) is 24.4 Å². The zero-order valence-corrected chi connectivity index (χ0v) is 27.6. The Labute approximate surface area is 273 Å². The normalized spacial score (nSPS) is 20.6. The summed E-state index contributed by atoms with van der Waals surface area (Å²) in [6.45, 7) is 7.34. The smallest absolute Gasteiger partial charge is 0.250 e. The second-order valence-corrected chi connectivity index (χ2v) is 15.3. The predicted octanol–water partition coefficient (Wildman–Crippen LogP) is 6.63. The molecule has 0 aromatic carbocycles. The van der Waals surface area contributed by atoms with E-state index in [1.165, 1.54) is 0 Å². The Hall–Kier alpha value is -4.16. The Morgan fingerprint density at radius 1 is 1.02 bits per heavy atom. The van der Waals surface area contributed by atoms with Crippen LogP contribution in [-0.4, -0.2) is 52.5 Å². The Balaban J connectivity index is 1.31. The summed E-state index contributed by atoms with van der Waals surface area (Å²) in [6, 6.07) is 7.86. The van der Waals surface area contributed by atoms with Gasteiger partial charge in [0.1, 0.15) is 10.7 Å². The fourth-order valence-corrected chi connectivity index (χ4v) is 9.66. The van der Waals surface area contributed by atoms with Crippen molar-refractivity contribution in [1.29, 1.82) is 0 Å². The zero-order chi connectivity index (χ0) is 32.3. The van der Waals surface area contributed by atoms with Gasteiger partial charge in [0, 0.05) is 49.5 Å². The Bertz CT molecular complexity index is 2080. The molecule has 1 fully saturated rings. The van der Waals surface area contributed by atoms with E-state index in [2.05, 4.69) is 45.4 Å². The van der Waals surface area contributed by atoms with E-state index in [0.717, 1.165) is 67.7 Å². The number of pyridine rings is 3. The molecule has 11 nitrogen and oxygen atoms in total. The van der Waals surface area contributed by atoms with Crippen LogP contribution in [0.5, 0.6) is 0 Å². The van der Waals surface area contributed by atoms with Gasteiger partial charge in [0.15, 0.2) is 21.2 Å². The van der Waals surface area contributed by atoms with E-state index in [9.17, 15) is 8.42 Å². The third kappa shape index (κ3) is 5.41. The van der Waals surface area contributed by atoms with Crippen molar-refractivity contribution in [3.05, 3.63) is 65.2 Å². The molecule has 12 heteroatoms. The lowest BCUT2D eigenvalue weighted by atomic mass is 9.89. The van der Waals surface area contributed by atoms with Gasteiger partial charge in [-0.3, -0.25) is 9.97 Å². The fraction of sp³-hybridized carbons (Fsp3) is 0.457. The number of anilines is 1. The molecule has 1 saturated heterocycles. The number of sulfone groups is 1. The number of aromatic nitrogens is 5. The summed E-state index contributed by atoms with van der Waals surface area (Å²) in [4.78, 5) is 14.6. The first-order chi connectivity index (χ1) is 22.8. The number of aryl methyl sites for hydroxylation is 3. The van der Waals surface area contributed by atoms with Crippen molar-refractivity contribution in [1.82, 2.24) is 25.1 Å². The maximum Gasteiger partial charge on any atom is 0.250 e. The molecule has 7 heterocycles. The summed E-state index contributed by atoms with van der Waals surface area (Å²) in [5.41, 5.74) is 5.12. The van der Waals surface area contributed by atoms with Crippen molar-refractivity contribution < 1.29 is 22.0 Å². The van der Waals surface area contributed by atoms with E-state index in [4.69, 9.17) is 18.6 Å². The second-order valence-electron chi connectivity index (χ2n) is 13.3. The van der Waals surface area contributed by atoms with Gasteiger partial charge in [-0.1, -0.05) is 19.9 Å². The van der Waals surface area contributed by atoms with Crippen LogP contribution >= 0.6 is 0 Å². The molecule has 0 bridgehead atoms. The van der Waals surface area contributed by atoms with Gasteiger partial charge >= 0.3 is 0 Å². The number of nitrogens with one attached hydrogen (secondary N) is 1. The van der Waals surface area contributed by atoms with Gasteiger partial charge in [0.25, 0.3) is 0 Å². The molecular weight excluding hydrogens is 616 g/mol. The molecule has 5 aromatic rings. The highest BCUT2D eigenvalue weighted by Gasteiger charge is 2.43. The lowest BCUT2D eigenvalue weighted by Crippen LogP contribution is -2.17. The minimum absolute atomic E-state index is 0.00453. The molecule has 0 saturated carbocycles. The Kier molecular flexibility index (Phi) is 7.59. The number of hydrogen-bond donors (Lipinski definition) is 1. The van der Waals surface area contributed by atoms with Crippen molar-refractivity contribution in [2.24, 2.45) is 11.8 Å². The summed E-state index contributed by atoms with van der Waals surface area (Å²) < 4.78 is 46.5. The largest absolute Gasteiger partial charge is 0.452 e. The lowest BCUT2D eigenvalue weighted by molar-refractivity contribution is 0.0639. The second kappa shape index (κ2) is 11.8. The minimum atomic E-state index is -3.72. The molecule has 3 aliphatic rings. The molecule has 8 rings (SSSR count). The maximum atomic E-state index is 14.1. The average Bonchev–Trinajstić information content (AvgIpc) is 3.85. The van der Waals surface area contributed by atoms with E-state index in [0.29, 0.717) is 52.2 Å². The summed E-state index contributed by atoms with van der Waals surface area (Å²) in [7, 11) is -3.72. The number of fused-ring (bicyclic) bond motifs is 3. The highest BCUT2D eigenvalue weighted by Crippen LogP contribution is 2.49. The summed E-state index contributed by atoms with van der Waals surface area (Å²) in [5.74, 6) is 1.95. The van der Waals surface area contributed by atoms with Crippen LogP contribution < -0.4 is 5.32 Å². The van der Waals surface area contributed by atoms with Gasteiger partial charge in [-0.25, -0.2) is 13.4 Å². The van der Waals surface area contributed by atoms with Crippen molar-refractivity contribution in [2.45, 2.75) is 76.2 Å². The molecule has 1 aliphatic carbocycles. The zero-order valence-electron chi connectivity index (χ0n) is 26.8. The van der Waals surface area contributed by atoms with Gasteiger partial charge in [0.2, 0.25) is 11.8 Å². The van der Waals surface area contributed by atoms with Crippen molar-refractivity contribution in [3.63, 3.8) is 0 Å². The predicted molar refractivity (Wildman–Crippen MR) is 176 cm³/mol. The van der Waals surface area contributed by atoms with Crippen LogP contribution in [0, 0.1) is 18.8 Å². The third-order valence-corrected chi connectivity index (χ3v) is 11.8. The van der Waals surface area contributed by atoms with Crippen LogP contribution in [0.2, 0.25) is 0 Å². The van der Waals surface area contributed by atoms with Crippen molar-refractivity contribution in [2.75, 3.05) is 24.3 Å². The lowest BCUT2D eigenvalue weighted by Gasteiger charge is -2.23. The van der Waals surface area contributed by atoms with Crippen LogP contribution in [0.25, 0.3) is 33.7 Å². The van der Waals surface area contributed by atoms with E-state index < -0.39 is 9.84 Å². The number of rotatable bonds is 8. The van der Waals surface area contributed by atoms with Gasteiger partial charge in [-0.2, -0.15) is 0 Å². The van der Waals surface area contributed by atoms with Crippen LogP contribution in [0.4, 0.5) is 5.82 Å². The number of ether oxygens (including phenoxy) is 1. The SMILES string of the molecule is Cc1nnc(-c2c(CCC3CCOCC3)nc3c(c2-c2cc4ccnc(NC5CCc6ncccc65)c4o2)S(=O)(=O)C[C@@H]3C(C)C)o1. The molecule has 1 N–H and O–H groups in total. The van der Waals surface area contributed by atoms with Crippen LogP contribution in [0.3, 0.4) is 0 Å². The van der Waals surface area contributed by atoms with Gasteiger partial charge < -0.3 is 18.9 Å². The molecule has 5 aromatic heterocycles. The van der Waals surface area contributed by atoms with Gasteiger partial charge in [-0.05, 0) is 74.1 Å². The number of hydrogen-bond acceptors (Lipinski definition) is 11. The van der Waals surface area contributed by atoms with E-state index >= 15 is 0 Å². The number of nitrogens with zero attached hydrogens (tertiary/aromatic N) is 5. The quantitative estimate of drug-likeness (QED) is 0.192. The monoisotopic (exact) mass is 654 g/mol. The molecule has 47 heavy (non-hydrogen) atoms. The van der Waals surface area contributed by atoms with Gasteiger partial charge in [-0.15, -0.1) is 10.2 Å². The van der Waals surface area contributed by atoms with Crippen LogP contribution in [0.1, 0.15) is 80.0 Å². The minimum Gasteiger partial charge on any atom is -0.452 e. The van der Waals surface area contributed by atoms with Crippen molar-refractivity contribution in [3.8, 4) is 22.8 Å². The molecule has 244 valence electrons. The van der Waals surface area contributed by atoms with Gasteiger partial charge in [0.05, 0.1) is 34.3 Å². The summed E-state index contributed by atoms with van der Waals surface area (Å²) >= 11 is 0. The van der Waals surface area contributed by atoms with E-state index in [-0.39, 0.29) is 34.4 Å². The fourth-order valence-electron chi connectivity index (χ4n) is 7.45. The molecule has 1 unspecified atom stereocenters. The first-order valence-electron chi connectivity index (χ1n) is 16.5. The highest BCUT2D eigenvalue weighted by molar-refractivity contribution is 7.92. The van der Waals surface area contributed by atoms with Crippen molar-refractivity contribution >= 4 is 26.6 Å². The van der Waals surface area contributed by atoms with E-state index in [1.54, 1.807) is 13.1 Å². The standard InChI is InChI=1S/C35H38N6O5S/c1-19(2)24-18-47(42,43)33-30(29(35-41-40-20(3)45-35)27(38-31(24)33)7-6-21-11-15-44-16-12-21)28-17-22-10-14-37-34(32(22)46-28)39-26-9-8-25-23(26)5-4-13-36-25/h4-5,10,13-14,17,19,21,24,26H,6-9,11-12,15-16,18H2,1-3H3,(H,37,39)/t24-,26?/m1/s1. The maximum absolute atomic E-state index is 14.1. The molecule has 0 radical (unpaired) electrons. The molecule has 2 atom stereocenters. The van der Waals surface area contributed by atoms with Crippen LogP contribution in [-0.2, 0) is 27.4 Å². The Morgan fingerprint density at radius 2 is 1.87 bits per heavy atom. The molecule has 0 spiro atoms. The average molecular weight is 655 g/mol. The first kappa shape index (κ1) is 30.2. The highest BCUT2D eigenvalue weighted by atomic mass is 32.2. The topological polar surface area (TPSA) is 146 Å². The number of furan rings is 1. The molecule has 2 aliphatic heterocycles. The van der Waals surface area contributed by atoms with Crippen LogP contribution in [0.15, 0.2) is 50.4 Å². The third-order valence-electron chi connectivity index (χ3n) is 9.95. The Morgan fingerprint density at radius 3 is 2.66 bits per heavy atom. The molecule has 0 amide bonds. The molecular formula is C35H38N6O5S. The summed E-state index contributed by atoms with van der Waals surface area (Å²) in [6.07, 6.45) is 8.85. The first-order valence-corrected chi connectivity index (χ1v) is 18.2. The summed E-state index contributed by atoms with van der Waals surface area (Å²) in [5, 5.41) is 12.9.